The molecule has 0 unspecified atom stereocenters. The van der Waals surface area contributed by atoms with Crippen molar-refractivity contribution in [1.29, 1.82) is 0 Å². The van der Waals surface area contributed by atoms with Gasteiger partial charge in [0.05, 0.1) is 5.54 Å². The van der Waals surface area contributed by atoms with Crippen molar-refractivity contribution in [2.45, 2.75) is 84.6 Å². The van der Waals surface area contributed by atoms with Crippen molar-refractivity contribution in [1.82, 2.24) is 4.90 Å². The summed E-state index contributed by atoms with van der Waals surface area (Å²) < 4.78 is 16.4. The zero-order valence-electron chi connectivity index (χ0n) is 22.6. The molecule has 0 amide bonds. The van der Waals surface area contributed by atoms with Crippen LogP contribution in [0.3, 0.4) is 0 Å². The van der Waals surface area contributed by atoms with Crippen LogP contribution in [0.4, 0.5) is 4.39 Å². The average molecular weight is 472 g/mol. The lowest BCUT2D eigenvalue weighted by atomic mass is 9.75. The molecule has 2 aromatic carbocycles. The van der Waals surface area contributed by atoms with Gasteiger partial charge in [0.15, 0.2) is 0 Å². The summed E-state index contributed by atoms with van der Waals surface area (Å²) in [7, 11) is 0. The summed E-state index contributed by atoms with van der Waals surface area (Å²) in [5.41, 5.74) is 6.82. The second kappa shape index (κ2) is 9.12. The van der Waals surface area contributed by atoms with Crippen molar-refractivity contribution in [2.24, 2.45) is 5.41 Å². The first-order chi connectivity index (χ1) is 16.5. The molecule has 4 rings (SSSR count). The van der Waals surface area contributed by atoms with E-state index in [4.69, 9.17) is 0 Å². The van der Waals surface area contributed by atoms with E-state index in [1.165, 1.54) is 24.8 Å². The molecule has 0 N–H and O–H groups in total. The highest BCUT2D eigenvalue weighted by molar-refractivity contribution is 5.76. The highest BCUT2D eigenvalue weighted by Crippen LogP contribution is 2.59. The van der Waals surface area contributed by atoms with Crippen molar-refractivity contribution in [3.63, 3.8) is 0 Å². The first-order valence-electron chi connectivity index (χ1n) is 13.2. The highest BCUT2D eigenvalue weighted by atomic mass is 19.1. The fraction of sp³-hybridized carbons (Fsp3) is 0.455. The number of fused-ring (bicyclic) bond motifs is 1. The van der Waals surface area contributed by atoms with E-state index in [0.717, 1.165) is 46.4 Å². The molecule has 35 heavy (non-hydrogen) atoms. The van der Waals surface area contributed by atoms with Crippen LogP contribution in [0.1, 0.15) is 94.5 Å². The number of rotatable bonds is 8. The van der Waals surface area contributed by atoms with E-state index >= 15 is 4.39 Å². The van der Waals surface area contributed by atoms with Gasteiger partial charge in [0.25, 0.3) is 0 Å². The average Bonchev–Trinajstić information content (AvgIpc) is 3.57. The first-order valence-corrected chi connectivity index (χ1v) is 13.2. The van der Waals surface area contributed by atoms with Crippen LogP contribution in [0.25, 0.3) is 5.70 Å². The Bertz CT molecular complexity index is 1160. The molecule has 2 aliphatic rings. The summed E-state index contributed by atoms with van der Waals surface area (Å²) in [5.74, 6) is -0.112. The van der Waals surface area contributed by atoms with Crippen LogP contribution in [0.15, 0.2) is 67.3 Å². The van der Waals surface area contributed by atoms with Crippen LogP contribution < -0.4 is 0 Å². The van der Waals surface area contributed by atoms with E-state index in [1.54, 1.807) is 6.07 Å². The summed E-state index contributed by atoms with van der Waals surface area (Å²) in [4.78, 5) is 2.38. The van der Waals surface area contributed by atoms with Gasteiger partial charge in [0.2, 0.25) is 0 Å². The van der Waals surface area contributed by atoms with Gasteiger partial charge in [-0.1, -0.05) is 89.3 Å². The predicted octanol–water partition coefficient (Wildman–Crippen LogP) is 9.06. The number of hydrogen-bond donors (Lipinski definition) is 0. The maximum atomic E-state index is 16.4. The SMILES string of the molecule is C=C/C(=C\C)CN1C(=C)c2cc(C(C)(C)C)cc(F)c2[C@]1(CCC1(CC)CC1)c1ccc(C)cc1. The van der Waals surface area contributed by atoms with E-state index < -0.39 is 5.54 Å². The monoisotopic (exact) mass is 471 g/mol. The van der Waals surface area contributed by atoms with Crippen LogP contribution in [-0.4, -0.2) is 11.4 Å². The minimum Gasteiger partial charge on any atom is -0.353 e. The normalized spacial score (nSPS) is 21.3. The van der Waals surface area contributed by atoms with Crippen LogP contribution >= 0.6 is 0 Å². The van der Waals surface area contributed by atoms with E-state index in [2.05, 4.69) is 89.1 Å². The summed E-state index contributed by atoms with van der Waals surface area (Å²) >= 11 is 0. The molecule has 0 aromatic heterocycles. The number of aryl methyl sites for hydroxylation is 1. The van der Waals surface area contributed by atoms with Crippen LogP contribution in [0.5, 0.6) is 0 Å². The molecular weight excluding hydrogens is 429 g/mol. The van der Waals surface area contributed by atoms with Gasteiger partial charge in [0, 0.05) is 23.4 Å². The Hall–Kier alpha value is -2.61. The van der Waals surface area contributed by atoms with Crippen molar-refractivity contribution in [2.75, 3.05) is 6.54 Å². The molecule has 0 radical (unpaired) electrons. The molecule has 1 nitrogen and oxygen atoms in total. The second-order valence-corrected chi connectivity index (χ2v) is 11.8. The summed E-state index contributed by atoms with van der Waals surface area (Å²) in [6.45, 7) is 22.2. The number of benzene rings is 2. The zero-order valence-corrected chi connectivity index (χ0v) is 22.6. The summed E-state index contributed by atoms with van der Waals surface area (Å²) in [6, 6.07) is 12.7. The Morgan fingerprint density at radius 2 is 1.77 bits per heavy atom. The summed E-state index contributed by atoms with van der Waals surface area (Å²) in [6.07, 6.45) is 9.72. The van der Waals surface area contributed by atoms with Gasteiger partial charge < -0.3 is 4.90 Å². The van der Waals surface area contributed by atoms with Crippen molar-refractivity contribution >= 4 is 5.70 Å². The fourth-order valence-electron chi connectivity index (χ4n) is 5.82. The van der Waals surface area contributed by atoms with Crippen LogP contribution in [-0.2, 0) is 11.0 Å². The van der Waals surface area contributed by atoms with Gasteiger partial charge in [-0.25, -0.2) is 4.39 Å². The summed E-state index contributed by atoms with van der Waals surface area (Å²) in [5, 5.41) is 0. The van der Waals surface area contributed by atoms with Gasteiger partial charge in [-0.2, -0.15) is 0 Å². The molecule has 1 atom stereocenters. The molecule has 2 aromatic rings. The smallest absolute Gasteiger partial charge is 0.130 e. The third kappa shape index (κ3) is 4.41. The lowest BCUT2D eigenvalue weighted by molar-refractivity contribution is 0.195. The highest BCUT2D eigenvalue weighted by Gasteiger charge is 2.52. The van der Waals surface area contributed by atoms with Crippen molar-refractivity contribution in [3.8, 4) is 0 Å². The predicted molar refractivity (Wildman–Crippen MR) is 148 cm³/mol. The third-order valence-corrected chi connectivity index (χ3v) is 8.69. The second-order valence-electron chi connectivity index (χ2n) is 11.8. The van der Waals surface area contributed by atoms with E-state index in [-0.39, 0.29) is 11.2 Å². The lowest BCUT2D eigenvalue weighted by Crippen LogP contribution is -2.43. The van der Waals surface area contributed by atoms with Gasteiger partial charge >= 0.3 is 0 Å². The Morgan fingerprint density at radius 3 is 2.29 bits per heavy atom. The number of allylic oxidation sites excluding steroid dienone is 1. The number of nitrogens with zero attached hydrogens (tertiary/aromatic N) is 1. The molecule has 0 spiro atoms. The third-order valence-electron chi connectivity index (χ3n) is 8.69. The van der Waals surface area contributed by atoms with E-state index in [9.17, 15) is 0 Å². The molecule has 1 aliphatic carbocycles. The quantitative estimate of drug-likeness (QED) is 0.347. The zero-order chi connectivity index (χ0) is 25.6. The first kappa shape index (κ1) is 25.5. The Morgan fingerprint density at radius 1 is 1.11 bits per heavy atom. The topological polar surface area (TPSA) is 3.24 Å². The molecule has 2 heteroatoms. The van der Waals surface area contributed by atoms with Gasteiger partial charge in [-0.05, 0) is 79.2 Å². The van der Waals surface area contributed by atoms with Gasteiger partial charge in [-0.15, -0.1) is 0 Å². The maximum absolute atomic E-state index is 16.4. The maximum Gasteiger partial charge on any atom is 0.130 e. The standard InChI is InChI=1S/C33H42FN/c1-9-25(10-2)22-35-24(5)28-20-27(31(6,7)8)21-29(34)30(28)33(35,19-18-32(11-3)16-17-32)26-14-12-23(4)13-15-26/h9-10,12-15,20-21H,1,5,11,16-19,22H2,2-4,6-8H3/b25-10+/t33-/m0/s1. The molecule has 0 saturated heterocycles. The molecular formula is C33H42FN. The molecule has 1 fully saturated rings. The minimum absolute atomic E-state index is 0.112. The lowest BCUT2D eigenvalue weighted by Gasteiger charge is -2.43. The van der Waals surface area contributed by atoms with Gasteiger partial charge in [0.1, 0.15) is 5.82 Å². The largest absolute Gasteiger partial charge is 0.353 e. The van der Waals surface area contributed by atoms with Gasteiger partial charge in [-0.3, -0.25) is 0 Å². The Labute approximate surface area is 212 Å². The van der Waals surface area contributed by atoms with Crippen molar-refractivity contribution in [3.05, 3.63) is 101 Å². The fourth-order valence-corrected chi connectivity index (χ4v) is 5.82. The molecule has 1 saturated carbocycles. The minimum atomic E-state index is -0.595. The number of hydrogen-bond acceptors (Lipinski definition) is 1. The molecule has 186 valence electrons. The van der Waals surface area contributed by atoms with E-state index in [1.807, 2.05) is 13.0 Å². The Kier molecular flexibility index (Phi) is 6.64. The van der Waals surface area contributed by atoms with Crippen LogP contribution in [0, 0.1) is 18.2 Å². The van der Waals surface area contributed by atoms with Crippen molar-refractivity contribution < 1.29 is 4.39 Å². The van der Waals surface area contributed by atoms with Crippen LogP contribution in [0.2, 0.25) is 0 Å². The van der Waals surface area contributed by atoms with E-state index in [0.29, 0.717) is 12.0 Å². The molecule has 1 heterocycles. The number of halogens is 1. The molecule has 1 aliphatic heterocycles. The molecule has 0 bridgehead atoms. The Balaban J connectivity index is 1.99.